The average molecular weight is 357 g/mol. The number of hydrogen-bond acceptors (Lipinski definition) is 5. The number of rotatable bonds is 6. The number of thiazole rings is 1. The van der Waals surface area contributed by atoms with E-state index in [1.807, 2.05) is 56.0 Å². The van der Waals surface area contributed by atoms with Crippen molar-refractivity contribution in [1.82, 2.24) is 9.88 Å². The molecule has 2 N–H and O–H groups in total. The predicted octanol–water partition coefficient (Wildman–Crippen LogP) is 4.11. The minimum atomic E-state index is 0.160. The van der Waals surface area contributed by atoms with E-state index in [4.69, 9.17) is 15.1 Å². The Labute approximate surface area is 152 Å². The third-order valence-electron chi connectivity index (χ3n) is 4.05. The number of benzene rings is 1. The molecule has 0 radical (unpaired) electrons. The highest BCUT2D eigenvalue weighted by Crippen LogP contribution is 2.35. The first kappa shape index (κ1) is 17.6. The topological polar surface area (TPSA) is 69.4 Å². The molecule has 0 saturated carbocycles. The van der Waals surface area contributed by atoms with Crippen molar-refractivity contribution in [3.05, 3.63) is 46.0 Å². The molecule has 1 aliphatic rings. The first-order valence-electron chi connectivity index (χ1n) is 8.38. The summed E-state index contributed by atoms with van der Waals surface area (Å²) < 4.78 is 5.56. The Kier molecular flexibility index (Phi) is 5.20. The van der Waals surface area contributed by atoms with Crippen molar-refractivity contribution in [2.75, 3.05) is 19.7 Å². The Morgan fingerprint density at radius 1 is 1.32 bits per heavy atom. The normalized spacial score (nSPS) is 14.9. The summed E-state index contributed by atoms with van der Waals surface area (Å²) in [5, 5.41) is 19.5. The van der Waals surface area contributed by atoms with Gasteiger partial charge in [0.1, 0.15) is 16.6 Å². The summed E-state index contributed by atoms with van der Waals surface area (Å²) >= 11 is 1.52. The molecule has 0 bridgehead atoms. The van der Waals surface area contributed by atoms with Gasteiger partial charge < -0.3 is 14.7 Å². The lowest BCUT2D eigenvalue weighted by Gasteiger charge is -2.19. The molecule has 132 valence electrons. The monoisotopic (exact) mass is 357 g/mol. The lowest BCUT2D eigenvalue weighted by Crippen LogP contribution is -2.30. The SMILES string of the molecule is Cc1sc(C2=C(O)CN(CCOC(C)C)C2=N)nc1-c1ccccc1. The second kappa shape index (κ2) is 7.37. The molecule has 3 rings (SSSR count). The Bertz CT molecular complexity index is 796. The fourth-order valence-corrected chi connectivity index (χ4v) is 3.82. The zero-order valence-corrected chi connectivity index (χ0v) is 15.6. The van der Waals surface area contributed by atoms with Crippen LogP contribution >= 0.6 is 11.3 Å². The lowest BCUT2D eigenvalue weighted by molar-refractivity contribution is 0.0705. The zero-order valence-electron chi connectivity index (χ0n) is 14.7. The maximum absolute atomic E-state index is 10.4. The summed E-state index contributed by atoms with van der Waals surface area (Å²) in [5.41, 5.74) is 2.50. The summed E-state index contributed by atoms with van der Waals surface area (Å²) in [6.45, 7) is 7.45. The minimum Gasteiger partial charge on any atom is -0.510 e. The highest BCUT2D eigenvalue weighted by atomic mass is 32.1. The molecule has 1 aromatic carbocycles. The van der Waals surface area contributed by atoms with Crippen LogP contribution in [0.25, 0.3) is 16.8 Å². The van der Waals surface area contributed by atoms with Crippen LogP contribution in [0.15, 0.2) is 36.1 Å². The fraction of sp³-hybridized carbons (Fsp3) is 0.368. The minimum absolute atomic E-state index is 0.160. The third-order valence-corrected chi connectivity index (χ3v) is 5.04. The van der Waals surface area contributed by atoms with Gasteiger partial charge in [-0.3, -0.25) is 5.41 Å². The van der Waals surface area contributed by atoms with Crippen LogP contribution in [0.3, 0.4) is 0 Å². The smallest absolute Gasteiger partial charge is 0.135 e. The van der Waals surface area contributed by atoms with E-state index in [-0.39, 0.29) is 11.9 Å². The second-order valence-corrected chi connectivity index (χ2v) is 7.50. The van der Waals surface area contributed by atoms with Crippen LogP contribution in [-0.2, 0) is 4.74 Å². The average Bonchev–Trinajstić information content (AvgIpc) is 3.08. The molecule has 2 heterocycles. The molecular formula is C19H23N3O2S. The molecule has 0 aliphatic carbocycles. The third kappa shape index (κ3) is 3.75. The van der Waals surface area contributed by atoms with Crippen molar-refractivity contribution in [1.29, 1.82) is 5.41 Å². The number of aryl methyl sites for hydroxylation is 1. The maximum Gasteiger partial charge on any atom is 0.135 e. The van der Waals surface area contributed by atoms with Gasteiger partial charge in [-0.05, 0) is 20.8 Å². The van der Waals surface area contributed by atoms with E-state index < -0.39 is 0 Å². The number of ether oxygens (including phenoxy) is 1. The van der Waals surface area contributed by atoms with Crippen molar-refractivity contribution in [2.24, 2.45) is 0 Å². The highest BCUT2D eigenvalue weighted by Gasteiger charge is 2.30. The Morgan fingerprint density at radius 3 is 2.72 bits per heavy atom. The molecule has 1 aliphatic heterocycles. The molecule has 25 heavy (non-hydrogen) atoms. The number of aliphatic hydroxyl groups excluding tert-OH is 1. The summed E-state index contributed by atoms with van der Waals surface area (Å²) in [6.07, 6.45) is 0.160. The van der Waals surface area contributed by atoms with Gasteiger partial charge in [0, 0.05) is 17.0 Å². The quantitative estimate of drug-likeness (QED) is 0.816. The molecule has 0 amide bonds. The summed E-state index contributed by atoms with van der Waals surface area (Å²) in [4.78, 5) is 7.61. The van der Waals surface area contributed by atoms with Crippen LogP contribution in [0.2, 0.25) is 0 Å². The summed E-state index contributed by atoms with van der Waals surface area (Å²) in [7, 11) is 0. The first-order chi connectivity index (χ1) is 12.0. The van der Waals surface area contributed by atoms with Crippen molar-refractivity contribution < 1.29 is 9.84 Å². The van der Waals surface area contributed by atoms with E-state index in [0.29, 0.717) is 36.1 Å². The van der Waals surface area contributed by atoms with E-state index in [2.05, 4.69) is 0 Å². The standard InChI is InChI=1S/C19H23N3O2S/c1-12(2)24-10-9-22-11-15(23)16(18(22)20)19-21-17(13(3)25-19)14-7-5-4-6-8-14/h4-8,12,20,23H,9-11H2,1-3H3. The summed E-state index contributed by atoms with van der Waals surface area (Å²) in [6, 6.07) is 9.99. The molecule has 6 heteroatoms. The van der Waals surface area contributed by atoms with Gasteiger partial charge >= 0.3 is 0 Å². The van der Waals surface area contributed by atoms with Gasteiger partial charge in [-0.25, -0.2) is 4.98 Å². The van der Waals surface area contributed by atoms with Crippen LogP contribution in [0.5, 0.6) is 0 Å². The lowest BCUT2D eigenvalue weighted by atomic mass is 10.1. The predicted molar refractivity (Wildman–Crippen MR) is 102 cm³/mol. The van der Waals surface area contributed by atoms with Crippen LogP contribution < -0.4 is 0 Å². The summed E-state index contributed by atoms with van der Waals surface area (Å²) in [5.74, 6) is 0.529. The number of nitrogens with zero attached hydrogens (tertiary/aromatic N) is 2. The van der Waals surface area contributed by atoms with Crippen LogP contribution in [-0.4, -0.2) is 46.6 Å². The molecule has 0 atom stereocenters. The first-order valence-corrected chi connectivity index (χ1v) is 9.19. The van der Waals surface area contributed by atoms with Gasteiger partial charge in [0.25, 0.3) is 0 Å². The molecule has 0 spiro atoms. The van der Waals surface area contributed by atoms with E-state index in [0.717, 1.165) is 16.1 Å². The number of amidine groups is 1. The second-order valence-electron chi connectivity index (χ2n) is 6.30. The molecule has 2 aromatic rings. The molecule has 5 nitrogen and oxygen atoms in total. The maximum atomic E-state index is 10.4. The Balaban J connectivity index is 1.80. The van der Waals surface area contributed by atoms with Gasteiger partial charge in [0.15, 0.2) is 0 Å². The Hall–Kier alpha value is -2.18. The van der Waals surface area contributed by atoms with Gasteiger partial charge in [-0.15, -0.1) is 11.3 Å². The fourth-order valence-electron chi connectivity index (χ4n) is 2.82. The number of aromatic nitrogens is 1. The molecule has 0 unspecified atom stereocenters. The van der Waals surface area contributed by atoms with Gasteiger partial charge in [-0.2, -0.15) is 0 Å². The van der Waals surface area contributed by atoms with Crippen molar-refractivity contribution >= 4 is 22.7 Å². The molecular weight excluding hydrogens is 334 g/mol. The molecule has 1 aromatic heterocycles. The van der Waals surface area contributed by atoms with E-state index in [1.165, 1.54) is 11.3 Å². The number of nitrogens with one attached hydrogen (secondary N) is 1. The number of aliphatic hydroxyl groups is 1. The van der Waals surface area contributed by atoms with E-state index in [9.17, 15) is 5.11 Å². The largest absolute Gasteiger partial charge is 0.510 e. The number of hydrogen-bond donors (Lipinski definition) is 2. The van der Waals surface area contributed by atoms with Crippen molar-refractivity contribution in [2.45, 2.75) is 26.9 Å². The zero-order chi connectivity index (χ0) is 18.0. The van der Waals surface area contributed by atoms with Gasteiger partial charge in [-0.1, -0.05) is 30.3 Å². The Morgan fingerprint density at radius 2 is 2.04 bits per heavy atom. The van der Waals surface area contributed by atoms with Crippen LogP contribution in [0, 0.1) is 12.3 Å². The van der Waals surface area contributed by atoms with Crippen molar-refractivity contribution in [3.8, 4) is 11.3 Å². The van der Waals surface area contributed by atoms with Gasteiger partial charge in [0.2, 0.25) is 0 Å². The van der Waals surface area contributed by atoms with E-state index in [1.54, 1.807) is 0 Å². The van der Waals surface area contributed by atoms with Crippen LogP contribution in [0.1, 0.15) is 23.7 Å². The molecule has 0 saturated heterocycles. The van der Waals surface area contributed by atoms with Gasteiger partial charge in [0.05, 0.1) is 30.5 Å². The van der Waals surface area contributed by atoms with Crippen LogP contribution in [0.4, 0.5) is 0 Å². The highest BCUT2D eigenvalue weighted by molar-refractivity contribution is 7.13. The van der Waals surface area contributed by atoms with Crippen molar-refractivity contribution in [3.63, 3.8) is 0 Å². The molecule has 0 fully saturated rings. The van der Waals surface area contributed by atoms with E-state index >= 15 is 0 Å².